The van der Waals surface area contributed by atoms with E-state index < -0.39 is 0 Å². The maximum Gasteiger partial charge on any atom is 0.217 e. The number of nitrogens with zero attached hydrogens (tertiary/aromatic N) is 1. The molecule has 2 nitrogen and oxygen atoms in total. The molecule has 0 aromatic carbocycles. The Labute approximate surface area is 54.3 Å². The quantitative estimate of drug-likeness (QED) is 0.428. The van der Waals surface area contributed by atoms with Crippen molar-refractivity contribution in [3.8, 4) is 0 Å². The molecule has 0 aliphatic rings. The largest absolute Gasteiger partial charge is 0.288 e. The van der Waals surface area contributed by atoms with Crippen LogP contribution in [0.15, 0.2) is 24.4 Å². The van der Waals surface area contributed by atoms with Gasteiger partial charge < -0.3 is 0 Å². The zero-order valence-electron chi connectivity index (χ0n) is 5.99. The van der Waals surface area contributed by atoms with Crippen molar-refractivity contribution >= 4 is 0 Å². The van der Waals surface area contributed by atoms with Gasteiger partial charge in [0.25, 0.3) is 0 Å². The molecule has 1 aromatic heterocycles. The predicted octanol–water partition coefficient (Wildman–Crippen LogP) is 0.784. The van der Waals surface area contributed by atoms with Gasteiger partial charge in [-0.1, -0.05) is 0 Å². The molecule has 0 aliphatic carbocycles. The van der Waals surface area contributed by atoms with Gasteiger partial charge in [-0.05, 0) is 10.8 Å². The Hall–Kier alpha value is -2.18. The van der Waals surface area contributed by atoms with Crippen LogP contribution in [0.1, 0.15) is 12.6 Å². The maximum atomic E-state index is 9.00. The van der Waals surface area contributed by atoms with Gasteiger partial charge in [0.2, 0.25) is 6.20 Å². The molecule has 0 fully saturated rings. The number of hydrogen-bond donors (Lipinski definition) is 1. The van der Waals surface area contributed by atoms with Crippen LogP contribution >= 0.6 is 0 Å². The molecule has 1 N–H and O–H groups in total. The zero-order chi connectivity index (χ0) is 6.69. The van der Waals surface area contributed by atoms with Crippen LogP contribution in [0.25, 0.3) is 0 Å². The Bertz CT molecular complexity index is 203. The summed E-state index contributed by atoms with van der Waals surface area (Å²) in [5, 5.41) is 9.00. The topological polar surface area (TPSA) is 24.1 Å². The van der Waals surface area contributed by atoms with E-state index in [1.165, 1.54) is 0 Å². The molecule has 0 saturated carbocycles. The van der Waals surface area contributed by atoms with Gasteiger partial charge in [-0.15, -0.1) is 19.1 Å². The summed E-state index contributed by atoms with van der Waals surface area (Å²) in [7, 11) is 0. The Balaban J connectivity index is 0.000000810. The number of pyridine rings is 1. The van der Waals surface area contributed by atoms with Crippen molar-refractivity contribution < 1.29 is 9.94 Å². The van der Waals surface area contributed by atoms with Crippen molar-refractivity contribution in [1.82, 2.24) is 0 Å². The second-order valence-electron chi connectivity index (χ2n) is 1.76. The van der Waals surface area contributed by atoms with Gasteiger partial charge in [0.15, 0.2) is 0 Å². The molecule has 50 valence electrons. The van der Waals surface area contributed by atoms with E-state index in [9.17, 15) is 0 Å². The van der Waals surface area contributed by atoms with Crippen molar-refractivity contribution in [2.45, 2.75) is 6.92 Å². The van der Waals surface area contributed by atoms with Crippen molar-refractivity contribution in [2.75, 3.05) is 0 Å². The average Bonchev–Trinajstić information content (AvgIpc) is 1.89. The average molecular weight is 390 g/mol. The third-order valence-electron chi connectivity index (χ3n) is 1.17. The Morgan fingerprint density at radius 1 is 1.50 bits per heavy atom. The van der Waals surface area contributed by atoms with E-state index >= 15 is 0 Å². The molecule has 1 aromatic rings. The van der Waals surface area contributed by atoms with Gasteiger partial charge in [-0.25, -0.2) is 0 Å². The summed E-state index contributed by atoms with van der Waals surface area (Å²) < 4.78 is 1.08. The maximum absolute atomic E-state index is 9.00. The van der Waals surface area contributed by atoms with E-state index in [1.54, 1.807) is 12.3 Å². The minimum atomic E-state index is 0. The van der Waals surface area contributed by atoms with E-state index in [0.717, 1.165) is 10.4 Å². The van der Waals surface area contributed by atoms with Gasteiger partial charge in [0.1, 0.15) is 5.69 Å². The smallest absolute Gasteiger partial charge is 0.217 e. The van der Waals surface area contributed by atoms with Gasteiger partial charge in [-0.2, -0.15) is 6.42 Å². The molecule has 0 radical (unpaired) electrons. The molecule has 0 unspecified atom stereocenters. The minimum absolute atomic E-state index is 0. The van der Waals surface area contributed by atoms with Crippen LogP contribution in [-0.4, -0.2) is 5.21 Å². The van der Waals surface area contributed by atoms with Gasteiger partial charge >= 0.3 is 0 Å². The zero-order valence-corrected chi connectivity index (χ0v) is 12.4. The Kier molecular flexibility index (Phi) is 2.32. The first kappa shape index (κ1) is 7.82. The molecule has 3 heteroatoms. The van der Waals surface area contributed by atoms with E-state index in [-0.39, 0.29) is 0 Å². The SMILES string of the molecule is C[CH-]c1cccc[n+]1O.[Rf]. The van der Waals surface area contributed by atoms with Crippen LogP contribution in [0, 0.1) is 6.42 Å². The number of aromatic nitrogens is 1. The molecular formula is C7H9NORf. The Morgan fingerprint density at radius 2 is 2.20 bits per heavy atom. The third-order valence-corrected chi connectivity index (χ3v) is 1.17. The summed E-state index contributed by atoms with van der Waals surface area (Å²) in [6.07, 6.45) is 3.43. The fraction of sp³-hybridized carbons (Fsp3) is 0.143. The summed E-state index contributed by atoms with van der Waals surface area (Å²) in [6.45, 7) is 1.88. The second kappa shape index (κ2) is 2.97. The number of rotatable bonds is 1. The molecule has 0 spiro atoms. The molecular weight excluding hydrogens is 381 g/mol. The van der Waals surface area contributed by atoms with Crippen LogP contribution in [0.2, 0.25) is 0 Å². The minimum Gasteiger partial charge on any atom is -0.288 e. The standard InChI is InChI=1S/C7H9NO.Rf/c1-2-7-5-3-4-6-8(7)9;/h2-6,9H,1H3;. The number of hydrogen-bond acceptors (Lipinski definition) is 1. The molecule has 0 aliphatic heterocycles. The molecule has 10 heavy (non-hydrogen) atoms. The van der Waals surface area contributed by atoms with E-state index in [1.807, 2.05) is 25.5 Å². The van der Waals surface area contributed by atoms with Gasteiger partial charge in [-0.3, -0.25) is 5.21 Å². The van der Waals surface area contributed by atoms with E-state index in [2.05, 4.69) is 0 Å². The monoisotopic (exact) mass is 390 g/mol. The molecule has 1 rings (SSSR count). The van der Waals surface area contributed by atoms with Crippen molar-refractivity contribution in [2.24, 2.45) is 0 Å². The first-order valence-electron chi connectivity index (χ1n) is 2.84. The van der Waals surface area contributed by atoms with Crippen LogP contribution < -0.4 is 4.73 Å². The van der Waals surface area contributed by atoms with Crippen LogP contribution in [0.3, 0.4) is 0 Å². The van der Waals surface area contributed by atoms with Crippen molar-refractivity contribution in [1.29, 1.82) is 0 Å². The summed E-state index contributed by atoms with van der Waals surface area (Å²) in [4.78, 5) is 0. The second-order valence-corrected chi connectivity index (χ2v) is 1.76. The molecule has 1 heterocycles. The molecule has 0 bridgehead atoms. The normalized spacial score (nSPS) is 8.10. The molecule has 0 atom stereocenters. The first-order valence-corrected chi connectivity index (χ1v) is 2.84. The van der Waals surface area contributed by atoms with Crippen LogP contribution in [0.5, 0.6) is 0 Å². The summed E-state index contributed by atoms with van der Waals surface area (Å²) in [6, 6.07) is 5.48. The van der Waals surface area contributed by atoms with Gasteiger partial charge in [0.05, 0.1) is 0 Å². The molecule has 0 saturated heterocycles. The Morgan fingerprint density at radius 3 is 2.60 bits per heavy atom. The van der Waals surface area contributed by atoms with Crippen LogP contribution in [0.4, 0.5) is 0 Å². The summed E-state index contributed by atoms with van der Waals surface area (Å²) in [5.74, 6) is 0. The van der Waals surface area contributed by atoms with E-state index in [0.29, 0.717) is 0 Å². The summed E-state index contributed by atoms with van der Waals surface area (Å²) in [5.41, 5.74) is 0.803. The van der Waals surface area contributed by atoms with Crippen LogP contribution in [-0.2, 0) is 0 Å². The van der Waals surface area contributed by atoms with Crippen molar-refractivity contribution in [3.63, 3.8) is 0 Å². The first-order chi connectivity index (χ1) is 4.34. The van der Waals surface area contributed by atoms with E-state index in [4.69, 9.17) is 5.21 Å². The predicted molar refractivity (Wildman–Crippen MR) is 32.9 cm³/mol. The molecule has 0 amide bonds. The fourth-order valence-corrected chi connectivity index (χ4v) is 0.676. The van der Waals surface area contributed by atoms with Gasteiger partial charge in [0, 0.05) is 0 Å². The van der Waals surface area contributed by atoms with Crippen molar-refractivity contribution in [3.05, 3.63) is 36.5 Å². The third kappa shape index (κ3) is 1.15. The summed E-state index contributed by atoms with van der Waals surface area (Å²) >= 11 is 0. The fourth-order valence-electron chi connectivity index (χ4n) is 0.676.